The third-order valence-electron chi connectivity index (χ3n) is 2.70. The number of benzene rings is 1. The van der Waals surface area contributed by atoms with Crippen LogP contribution in [0.15, 0.2) is 24.3 Å². The Morgan fingerprint density at radius 3 is 2.56 bits per heavy atom. The predicted octanol–water partition coefficient (Wildman–Crippen LogP) is 3.20. The van der Waals surface area contributed by atoms with Crippen LogP contribution in [0.25, 0.3) is 0 Å². The summed E-state index contributed by atoms with van der Waals surface area (Å²) in [5, 5.41) is 12.5. The molecule has 16 heavy (non-hydrogen) atoms. The van der Waals surface area contributed by atoms with Gasteiger partial charge in [-0.3, -0.25) is 5.32 Å². The summed E-state index contributed by atoms with van der Waals surface area (Å²) < 4.78 is 0. The molecule has 1 rings (SSSR count). The molecule has 86 valence electrons. The Labute approximate surface area is 98.3 Å². The first-order valence-corrected chi connectivity index (χ1v) is 5.83. The zero-order valence-corrected chi connectivity index (χ0v) is 10.3. The molecule has 0 radical (unpaired) electrons. The zero-order chi connectivity index (χ0) is 12.0. The third kappa shape index (κ3) is 3.67. The van der Waals surface area contributed by atoms with Crippen molar-refractivity contribution in [2.24, 2.45) is 5.92 Å². The van der Waals surface area contributed by atoms with Crippen LogP contribution in [0.5, 0.6) is 0 Å². The van der Waals surface area contributed by atoms with Crippen LogP contribution in [-0.2, 0) is 0 Å². The standard InChI is InChI=1S/C14H20N2/c1-11(2)8-9-16-14(10-15)13-7-5-4-6-12(13)3/h4-7,11,14,16H,8-9H2,1-3H3. The Bertz CT molecular complexity index is 363. The monoisotopic (exact) mass is 216 g/mol. The Morgan fingerprint density at radius 2 is 2.00 bits per heavy atom. The molecule has 0 aromatic heterocycles. The van der Waals surface area contributed by atoms with E-state index in [2.05, 4.69) is 25.2 Å². The molecule has 2 nitrogen and oxygen atoms in total. The summed E-state index contributed by atoms with van der Waals surface area (Å²) in [6, 6.07) is 10.2. The average Bonchev–Trinajstić information content (AvgIpc) is 2.25. The third-order valence-corrected chi connectivity index (χ3v) is 2.70. The SMILES string of the molecule is Cc1ccccc1C(C#N)NCCC(C)C. The fourth-order valence-electron chi connectivity index (χ4n) is 1.65. The number of nitriles is 1. The molecule has 1 N–H and O–H groups in total. The normalized spacial score (nSPS) is 12.4. The van der Waals surface area contributed by atoms with E-state index in [4.69, 9.17) is 5.26 Å². The van der Waals surface area contributed by atoms with Crippen molar-refractivity contribution in [3.8, 4) is 6.07 Å². The molecular weight excluding hydrogens is 196 g/mol. The molecule has 0 fully saturated rings. The first-order valence-electron chi connectivity index (χ1n) is 5.83. The highest BCUT2D eigenvalue weighted by Gasteiger charge is 2.11. The first-order chi connectivity index (χ1) is 7.65. The van der Waals surface area contributed by atoms with Crippen molar-refractivity contribution in [3.63, 3.8) is 0 Å². The smallest absolute Gasteiger partial charge is 0.121 e. The molecule has 0 spiro atoms. The van der Waals surface area contributed by atoms with E-state index in [1.54, 1.807) is 0 Å². The molecule has 1 unspecified atom stereocenters. The maximum absolute atomic E-state index is 9.16. The Kier molecular flexibility index (Phi) is 5.01. The minimum Gasteiger partial charge on any atom is -0.298 e. The molecule has 0 aliphatic heterocycles. The molecule has 1 atom stereocenters. The molecular formula is C14H20N2. The van der Waals surface area contributed by atoms with Gasteiger partial charge in [0.25, 0.3) is 0 Å². The van der Waals surface area contributed by atoms with Crippen molar-refractivity contribution in [2.45, 2.75) is 33.2 Å². The van der Waals surface area contributed by atoms with Gasteiger partial charge in [-0.15, -0.1) is 0 Å². The maximum atomic E-state index is 9.16. The number of hydrogen-bond donors (Lipinski definition) is 1. The van der Waals surface area contributed by atoms with E-state index in [1.165, 1.54) is 5.56 Å². The van der Waals surface area contributed by atoms with Gasteiger partial charge in [0.1, 0.15) is 6.04 Å². The van der Waals surface area contributed by atoms with Gasteiger partial charge < -0.3 is 0 Å². The Morgan fingerprint density at radius 1 is 1.31 bits per heavy atom. The minimum atomic E-state index is -0.181. The lowest BCUT2D eigenvalue weighted by Gasteiger charge is -2.14. The van der Waals surface area contributed by atoms with Crippen molar-refractivity contribution >= 4 is 0 Å². The summed E-state index contributed by atoms with van der Waals surface area (Å²) in [6.07, 6.45) is 1.10. The lowest BCUT2D eigenvalue weighted by Crippen LogP contribution is -2.22. The summed E-state index contributed by atoms with van der Waals surface area (Å²) in [7, 11) is 0. The zero-order valence-electron chi connectivity index (χ0n) is 10.3. The molecule has 0 amide bonds. The molecule has 0 aliphatic rings. The lowest BCUT2D eigenvalue weighted by atomic mass is 10.0. The summed E-state index contributed by atoms with van der Waals surface area (Å²) in [4.78, 5) is 0. The van der Waals surface area contributed by atoms with E-state index in [0.717, 1.165) is 18.5 Å². The van der Waals surface area contributed by atoms with E-state index >= 15 is 0 Å². The Balaban J connectivity index is 2.62. The van der Waals surface area contributed by atoms with Crippen LogP contribution in [-0.4, -0.2) is 6.54 Å². The number of aryl methyl sites for hydroxylation is 1. The van der Waals surface area contributed by atoms with E-state index in [0.29, 0.717) is 5.92 Å². The summed E-state index contributed by atoms with van der Waals surface area (Å²) in [6.45, 7) is 7.32. The highest BCUT2D eigenvalue weighted by Crippen LogP contribution is 2.16. The molecule has 0 bridgehead atoms. The van der Waals surface area contributed by atoms with Crippen LogP contribution >= 0.6 is 0 Å². The molecule has 0 saturated carbocycles. The van der Waals surface area contributed by atoms with E-state index < -0.39 is 0 Å². The summed E-state index contributed by atoms with van der Waals surface area (Å²) >= 11 is 0. The van der Waals surface area contributed by atoms with Crippen LogP contribution in [0, 0.1) is 24.2 Å². The maximum Gasteiger partial charge on any atom is 0.121 e. The van der Waals surface area contributed by atoms with Crippen molar-refractivity contribution in [3.05, 3.63) is 35.4 Å². The van der Waals surface area contributed by atoms with E-state index in [1.807, 2.05) is 31.2 Å². The van der Waals surface area contributed by atoms with Gasteiger partial charge in [-0.1, -0.05) is 38.1 Å². The number of nitrogens with one attached hydrogen (secondary N) is 1. The van der Waals surface area contributed by atoms with Gasteiger partial charge in [-0.2, -0.15) is 5.26 Å². The Hall–Kier alpha value is -1.33. The molecule has 0 saturated heterocycles. The van der Waals surface area contributed by atoms with Gasteiger partial charge >= 0.3 is 0 Å². The van der Waals surface area contributed by atoms with E-state index in [-0.39, 0.29) is 6.04 Å². The van der Waals surface area contributed by atoms with Crippen molar-refractivity contribution in [2.75, 3.05) is 6.54 Å². The first kappa shape index (κ1) is 12.7. The quantitative estimate of drug-likeness (QED) is 0.820. The van der Waals surface area contributed by atoms with Crippen LogP contribution < -0.4 is 5.32 Å². The second-order valence-corrected chi connectivity index (χ2v) is 4.56. The van der Waals surface area contributed by atoms with Crippen molar-refractivity contribution in [1.29, 1.82) is 5.26 Å². The van der Waals surface area contributed by atoms with Crippen molar-refractivity contribution < 1.29 is 0 Å². The minimum absolute atomic E-state index is 0.181. The number of hydrogen-bond acceptors (Lipinski definition) is 2. The molecule has 0 aliphatic carbocycles. The van der Waals surface area contributed by atoms with Gasteiger partial charge in [-0.25, -0.2) is 0 Å². The van der Waals surface area contributed by atoms with E-state index in [9.17, 15) is 0 Å². The highest BCUT2D eigenvalue weighted by molar-refractivity contribution is 5.32. The van der Waals surface area contributed by atoms with Crippen molar-refractivity contribution in [1.82, 2.24) is 5.32 Å². The lowest BCUT2D eigenvalue weighted by molar-refractivity contribution is 0.518. The largest absolute Gasteiger partial charge is 0.298 e. The van der Waals surface area contributed by atoms with Crippen LogP contribution in [0.2, 0.25) is 0 Å². The fraction of sp³-hybridized carbons (Fsp3) is 0.500. The molecule has 2 heteroatoms. The average molecular weight is 216 g/mol. The van der Waals surface area contributed by atoms with Gasteiger partial charge in [0.2, 0.25) is 0 Å². The molecule has 1 aromatic carbocycles. The number of nitrogens with zero attached hydrogens (tertiary/aromatic N) is 1. The van der Waals surface area contributed by atoms with Gasteiger partial charge in [0, 0.05) is 0 Å². The van der Waals surface area contributed by atoms with Gasteiger partial charge in [-0.05, 0) is 36.9 Å². The van der Waals surface area contributed by atoms with Gasteiger partial charge in [0.05, 0.1) is 6.07 Å². The number of rotatable bonds is 5. The van der Waals surface area contributed by atoms with Crippen LogP contribution in [0.1, 0.15) is 37.4 Å². The van der Waals surface area contributed by atoms with Crippen LogP contribution in [0.3, 0.4) is 0 Å². The molecule has 0 heterocycles. The fourth-order valence-corrected chi connectivity index (χ4v) is 1.65. The van der Waals surface area contributed by atoms with Crippen LogP contribution in [0.4, 0.5) is 0 Å². The topological polar surface area (TPSA) is 35.8 Å². The van der Waals surface area contributed by atoms with Gasteiger partial charge in [0.15, 0.2) is 0 Å². The predicted molar refractivity (Wildman–Crippen MR) is 67.0 cm³/mol. The second kappa shape index (κ2) is 6.30. The highest BCUT2D eigenvalue weighted by atomic mass is 14.9. The molecule has 1 aromatic rings. The second-order valence-electron chi connectivity index (χ2n) is 4.56. The summed E-state index contributed by atoms with van der Waals surface area (Å²) in [5.41, 5.74) is 2.26. The summed E-state index contributed by atoms with van der Waals surface area (Å²) in [5.74, 6) is 0.670.